The second-order valence-electron chi connectivity index (χ2n) is 10.2. The molecule has 0 bridgehead atoms. The number of hydrogen-bond donors (Lipinski definition) is 2. The van der Waals surface area contributed by atoms with E-state index in [4.69, 9.17) is 4.74 Å². The monoisotopic (exact) mass is 470 g/mol. The van der Waals surface area contributed by atoms with Gasteiger partial charge in [0.15, 0.2) is 0 Å². The van der Waals surface area contributed by atoms with Crippen molar-refractivity contribution < 1.29 is 19.4 Å². The molecular formula is C23H46N6O4. The van der Waals surface area contributed by atoms with Crippen molar-refractivity contribution in [2.24, 2.45) is 0 Å². The number of amides is 2. The molecule has 33 heavy (non-hydrogen) atoms. The molecule has 0 aromatic heterocycles. The number of hydrogen-bond acceptors (Lipinski definition) is 8. The minimum Gasteiger partial charge on any atom is -0.443 e. The van der Waals surface area contributed by atoms with Gasteiger partial charge in [0.25, 0.3) is 0 Å². The van der Waals surface area contributed by atoms with Crippen molar-refractivity contribution in [1.82, 2.24) is 29.8 Å². The fraction of sp³-hybridized carbons (Fsp3) is 0.913. The van der Waals surface area contributed by atoms with Crippen LogP contribution in [0.5, 0.6) is 0 Å². The van der Waals surface area contributed by atoms with E-state index in [-0.39, 0.29) is 12.0 Å². The van der Waals surface area contributed by atoms with Gasteiger partial charge in [-0.1, -0.05) is 0 Å². The van der Waals surface area contributed by atoms with E-state index in [1.54, 1.807) is 9.80 Å². The van der Waals surface area contributed by atoms with Crippen LogP contribution in [0.1, 0.15) is 33.1 Å². The normalized spacial score (nSPS) is 19.5. The number of likely N-dealkylation sites (N-methyl/N-ethyl adjacent to an activating group) is 2. The summed E-state index contributed by atoms with van der Waals surface area (Å²) in [6.07, 6.45) is 1.77. The number of ether oxygens (including phenoxy) is 1. The average Bonchev–Trinajstić information content (AvgIpc) is 2.77. The molecule has 10 nitrogen and oxygen atoms in total. The van der Waals surface area contributed by atoms with Gasteiger partial charge in [0, 0.05) is 72.5 Å². The lowest BCUT2D eigenvalue weighted by molar-refractivity contribution is -0.131. The van der Waals surface area contributed by atoms with Gasteiger partial charge >= 0.3 is 6.09 Å². The lowest BCUT2D eigenvalue weighted by Crippen LogP contribution is -2.52. The van der Waals surface area contributed by atoms with Gasteiger partial charge in [-0.05, 0) is 47.2 Å². The van der Waals surface area contributed by atoms with E-state index in [0.29, 0.717) is 26.2 Å². The van der Waals surface area contributed by atoms with Crippen LogP contribution >= 0.6 is 0 Å². The van der Waals surface area contributed by atoms with Crippen LogP contribution in [0.3, 0.4) is 0 Å². The fourth-order valence-corrected chi connectivity index (χ4v) is 4.06. The number of rotatable bonds is 11. The molecule has 0 spiro atoms. The lowest BCUT2D eigenvalue weighted by atomic mass is 10.0. The highest BCUT2D eigenvalue weighted by atomic mass is 16.6. The smallest absolute Gasteiger partial charge is 0.410 e. The molecule has 0 radical (unpaired) electrons. The van der Waals surface area contributed by atoms with Gasteiger partial charge < -0.3 is 25.0 Å². The third kappa shape index (κ3) is 10.1. The average molecular weight is 471 g/mol. The molecule has 10 heteroatoms. The first-order valence-corrected chi connectivity index (χ1v) is 12.3. The number of aliphatic hydroxyl groups is 1. The Morgan fingerprint density at radius 1 is 1.00 bits per heavy atom. The quantitative estimate of drug-likeness (QED) is 0.320. The Morgan fingerprint density at radius 3 is 2.24 bits per heavy atom. The molecule has 192 valence electrons. The first-order valence-electron chi connectivity index (χ1n) is 12.3. The molecule has 0 aliphatic carbocycles. The molecule has 2 aliphatic heterocycles. The maximum atomic E-state index is 12.6. The molecule has 2 heterocycles. The Bertz CT molecular complexity index is 604. The topological polar surface area (TPSA) is 91.8 Å². The minimum absolute atomic E-state index is 0.167. The number of nitrogens with one attached hydrogen (secondary N) is 1. The van der Waals surface area contributed by atoms with Crippen LogP contribution in [-0.2, 0) is 9.53 Å². The van der Waals surface area contributed by atoms with E-state index in [2.05, 4.69) is 15.1 Å². The Balaban J connectivity index is 1.62. The molecular weight excluding hydrogens is 424 g/mol. The summed E-state index contributed by atoms with van der Waals surface area (Å²) in [4.78, 5) is 34.8. The number of carbonyl (C=O) groups excluding carboxylic acids is 2. The van der Waals surface area contributed by atoms with E-state index in [9.17, 15) is 14.7 Å². The highest BCUT2D eigenvalue weighted by Crippen LogP contribution is 2.20. The van der Waals surface area contributed by atoms with Crippen LogP contribution in [0.2, 0.25) is 0 Å². The summed E-state index contributed by atoms with van der Waals surface area (Å²) >= 11 is 0. The van der Waals surface area contributed by atoms with Crippen molar-refractivity contribution in [2.45, 2.75) is 44.9 Å². The molecule has 2 saturated heterocycles. The minimum atomic E-state index is -0.543. The number of β-amino-alcohol motifs (C(OH)–C–C–N with tert-alkyl or cyclic N) is 1. The largest absolute Gasteiger partial charge is 0.443 e. The highest BCUT2D eigenvalue weighted by molar-refractivity contribution is 5.78. The molecule has 0 saturated carbocycles. The molecule has 0 aromatic carbocycles. The standard InChI is InChI=1S/C23H46N6O4/c1-23(2,8-6-7-11-26(5)21(31)19-27-12-9-24-10-13-27)33-22(32)29-16-14-28(15-17-29)18-20(30)25(3)4/h20,24,30H,6-19H2,1-5H3. The first-order chi connectivity index (χ1) is 15.6. The molecule has 2 amide bonds. The number of carbonyl (C=O) groups is 2. The lowest BCUT2D eigenvalue weighted by Gasteiger charge is -2.37. The maximum absolute atomic E-state index is 12.6. The van der Waals surface area contributed by atoms with E-state index < -0.39 is 11.8 Å². The van der Waals surface area contributed by atoms with Crippen molar-refractivity contribution in [3.05, 3.63) is 0 Å². The fourth-order valence-electron chi connectivity index (χ4n) is 4.06. The SMILES string of the molecule is CN(CCCCC(C)(C)OC(=O)N1CCN(CC(O)N(C)C)CC1)C(=O)CN1CCNCC1. The third-order valence-electron chi connectivity index (χ3n) is 6.53. The Hall–Kier alpha value is -1.46. The van der Waals surface area contributed by atoms with Crippen molar-refractivity contribution in [1.29, 1.82) is 0 Å². The zero-order valence-corrected chi connectivity index (χ0v) is 21.4. The van der Waals surface area contributed by atoms with Gasteiger partial charge in [-0.3, -0.25) is 19.5 Å². The van der Waals surface area contributed by atoms with Crippen LogP contribution in [0.15, 0.2) is 0 Å². The number of aliphatic hydroxyl groups excluding tert-OH is 1. The summed E-state index contributed by atoms with van der Waals surface area (Å²) in [7, 11) is 5.57. The molecule has 2 N–H and O–H groups in total. The summed E-state index contributed by atoms with van der Waals surface area (Å²) in [5, 5.41) is 13.3. The van der Waals surface area contributed by atoms with Crippen molar-refractivity contribution in [3.8, 4) is 0 Å². The van der Waals surface area contributed by atoms with Crippen LogP contribution in [0.4, 0.5) is 4.79 Å². The van der Waals surface area contributed by atoms with Gasteiger partial charge in [0.2, 0.25) is 5.91 Å². The van der Waals surface area contributed by atoms with Gasteiger partial charge in [0.05, 0.1) is 6.54 Å². The summed E-state index contributed by atoms with van der Waals surface area (Å²) < 4.78 is 5.80. The van der Waals surface area contributed by atoms with E-state index in [1.807, 2.05) is 39.9 Å². The number of piperazine rings is 2. The summed E-state index contributed by atoms with van der Waals surface area (Å²) in [6.45, 7) is 12.1. The summed E-state index contributed by atoms with van der Waals surface area (Å²) in [5.74, 6) is 0.167. The third-order valence-corrected chi connectivity index (χ3v) is 6.53. The van der Waals surface area contributed by atoms with Crippen LogP contribution in [-0.4, -0.2) is 147 Å². The molecule has 2 fully saturated rings. The number of nitrogens with zero attached hydrogens (tertiary/aromatic N) is 5. The molecule has 1 atom stereocenters. The van der Waals surface area contributed by atoms with Gasteiger partial charge in [-0.2, -0.15) is 0 Å². The van der Waals surface area contributed by atoms with E-state index >= 15 is 0 Å². The highest BCUT2D eigenvalue weighted by Gasteiger charge is 2.29. The van der Waals surface area contributed by atoms with Gasteiger partial charge in [0.1, 0.15) is 11.8 Å². The van der Waals surface area contributed by atoms with Gasteiger partial charge in [-0.25, -0.2) is 4.79 Å². The Morgan fingerprint density at radius 2 is 1.64 bits per heavy atom. The van der Waals surface area contributed by atoms with Gasteiger partial charge in [-0.15, -0.1) is 0 Å². The van der Waals surface area contributed by atoms with Crippen molar-refractivity contribution >= 4 is 12.0 Å². The second-order valence-corrected chi connectivity index (χ2v) is 10.2. The zero-order chi connectivity index (χ0) is 24.4. The van der Waals surface area contributed by atoms with Crippen LogP contribution in [0.25, 0.3) is 0 Å². The predicted octanol–water partition coefficient (Wildman–Crippen LogP) is -0.0669. The maximum Gasteiger partial charge on any atom is 0.410 e. The second kappa shape index (κ2) is 13.4. The summed E-state index contributed by atoms with van der Waals surface area (Å²) in [6, 6.07) is 0. The predicted molar refractivity (Wildman–Crippen MR) is 129 cm³/mol. The summed E-state index contributed by atoms with van der Waals surface area (Å²) in [5.41, 5.74) is -0.543. The molecule has 2 aliphatic rings. The number of unbranched alkanes of at least 4 members (excludes halogenated alkanes) is 1. The van der Waals surface area contributed by atoms with E-state index in [0.717, 1.165) is 65.1 Å². The molecule has 1 unspecified atom stereocenters. The zero-order valence-electron chi connectivity index (χ0n) is 21.4. The molecule has 0 aromatic rings. The van der Waals surface area contributed by atoms with Crippen molar-refractivity contribution in [2.75, 3.05) is 93.1 Å². The van der Waals surface area contributed by atoms with Crippen molar-refractivity contribution in [3.63, 3.8) is 0 Å². The Labute approximate surface area is 199 Å². The molecule has 2 rings (SSSR count). The van der Waals surface area contributed by atoms with Crippen LogP contribution < -0.4 is 5.32 Å². The van der Waals surface area contributed by atoms with E-state index in [1.165, 1.54) is 0 Å². The van der Waals surface area contributed by atoms with Crippen LogP contribution in [0, 0.1) is 0 Å². The first kappa shape index (κ1) is 27.8. The Kier molecular flexibility index (Phi) is 11.3.